The lowest BCUT2D eigenvalue weighted by Crippen LogP contribution is -2.13. The summed E-state index contributed by atoms with van der Waals surface area (Å²) >= 11 is 0. The molecular weight excluding hydrogens is 172 g/mol. The third kappa shape index (κ3) is 6.41. The largest absolute Gasteiger partial charge is 0.299 e. The molecule has 78 valence electrons. The molecule has 1 rings (SSSR count). The Balaban J connectivity index is 0.000000249. The Morgan fingerprint density at radius 1 is 0.714 bits per heavy atom. The summed E-state index contributed by atoms with van der Waals surface area (Å²) in [6.45, 7) is 7.73. The van der Waals surface area contributed by atoms with Crippen molar-refractivity contribution in [1.82, 2.24) is 0 Å². The molecule has 0 aromatic heterocycles. The van der Waals surface area contributed by atoms with Crippen LogP contribution in [-0.4, -0.2) is 5.78 Å². The third-order valence-electron chi connectivity index (χ3n) is 1.80. The van der Waals surface area contributed by atoms with E-state index in [1.165, 1.54) is 0 Å². The van der Waals surface area contributed by atoms with E-state index in [4.69, 9.17) is 0 Å². The summed E-state index contributed by atoms with van der Waals surface area (Å²) in [5.74, 6) is 0.759. The first-order chi connectivity index (χ1) is 6.55. The van der Waals surface area contributed by atoms with E-state index in [0.717, 1.165) is 0 Å². The zero-order chi connectivity index (χ0) is 11.0. The summed E-state index contributed by atoms with van der Waals surface area (Å²) in [5.41, 5.74) is 0. The number of hydrogen-bond donors (Lipinski definition) is 0. The van der Waals surface area contributed by atoms with Crippen LogP contribution < -0.4 is 0 Å². The lowest BCUT2D eigenvalue weighted by molar-refractivity contribution is -0.124. The molecule has 0 bridgehead atoms. The highest BCUT2D eigenvalue weighted by molar-refractivity contribution is 5.81. The molecule has 1 aromatic rings. The molecule has 0 aliphatic carbocycles. The normalized spacial score (nSPS) is 9.57. The number of carbonyl (C=O) groups excluding carboxylic acids is 1. The fraction of sp³-hybridized carbons (Fsp3) is 0.462. The molecule has 0 N–H and O–H groups in total. The molecule has 0 aliphatic rings. The van der Waals surface area contributed by atoms with E-state index >= 15 is 0 Å². The van der Waals surface area contributed by atoms with E-state index in [0.29, 0.717) is 5.78 Å². The summed E-state index contributed by atoms with van der Waals surface area (Å²) in [5, 5.41) is 0. The Morgan fingerprint density at radius 2 is 0.929 bits per heavy atom. The second-order valence-electron chi connectivity index (χ2n) is 3.87. The molecule has 0 radical (unpaired) electrons. The van der Waals surface area contributed by atoms with E-state index in [1.54, 1.807) is 0 Å². The van der Waals surface area contributed by atoms with E-state index in [9.17, 15) is 4.79 Å². The second-order valence-corrected chi connectivity index (χ2v) is 3.87. The van der Waals surface area contributed by atoms with Crippen LogP contribution in [0.25, 0.3) is 0 Å². The number of rotatable bonds is 2. The van der Waals surface area contributed by atoms with Crippen molar-refractivity contribution < 1.29 is 4.79 Å². The molecule has 0 aliphatic heterocycles. The van der Waals surface area contributed by atoms with Crippen LogP contribution >= 0.6 is 0 Å². The fourth-order valence-corrected chi connectivity index (χ4v) is 1.05. The van der Waals surface area contributed by atoms with E-state index in [-0.39, 0.29) is 11.8 Å². The first-order valence-corrected chi connectivity index (χ1v) is 5.09. The topological polar surface area (TPSA) is 17.1 Å². The van der Waals surface area contributed by atoms with Crippen molar-refractivity contribution in [2.75, 3.05) is 0 Å². The van der Waals surface area contributed by atoms with Gasteiger partial charge >= 0.3 is 0 Å². The number of Topliss-reactive ketones (excluding diaryl/α,β-unsaturated/α-hetero) is 1. The second kappa shape index (κ2) is 7.31. The first-order valence-electron chi connectivity index (χ1n) is 5.09. The Bertz CT molecular complexity index is 200. The van der Waals surface area contributed by atoms with Gasteiger partial charge in [0.25, 0.3) is 0 Å². The maximum atomic E-state index is 10.8. The van der Waals surface area contributed by atoms with Crippen molar-refractivity contribution in [3.63, 3.8) is 0 Å². The van der Waals surface area contributed by atoms with Gasteiger partial charge in [0.2, 0.25) is 0 Å². The molecule has 0 fully saturated rings. The summed E-state index contributed by atoms with van der Waals surface area (Å²) in [4.78, 5) is 10.8. The van der Waals surface area contributed by atoms with Crippen molar-refractivity contribution in [3.05, 3.63) is 36.4 Å². The van der Waals surface area contributed by atoms with Crippen molar-refractivity contribution in [1.29, 1.82) is 0 Å². The lowest BCUT2D eigenvalue weighted by Gasteiger charge is -2.05. The van der Waals surface area contributed by atoms with E-state index in [2.05, 4.69) is 0 Å². The van der Waals surface area contributed by atoms with Crippen LogP contribution in [0, 0.1) is 11.8 Å². The molecule has 0 unspecified atom stereocenters. The minimum atomic E-state index is 0.204. The highest BCUT2D eigenvalue weighted by Gasteiger charge is 2.09. The van der Waals surface area contributed by atoms with Gasteiger partial charge in [0.05, 0.1) is 0 Å². The van der Waals surface area contributed by atoms with Crippen molar-refractivity contribution in [3.8, 4) is 0 Å². The monoisotopic (exact) mass is 192 g/mol. The van der Waals surface area contributed by atoms with E-state index < -0.39 is 0 Å². The van der Waals surface area contributed by atoms with E-state index in [1.807, 2.05) is 64.1 Å². The van der Waals surface area contributed by atoms with Gasteiger partial charge in [-0.1, -0.05) is 64.1 Å². The van der Waals surface area contributed by atoms with Gasteiger partial charge in [0.1, 0.15) is 5.78 Å². The molecular formula is C13H20O. The third-order valence-corrected chi connectivity index (χ3v) is 1.80. The fourth-order valence-electron chi connectivity index (χ4n) is 1.05. The van der Waals surface area contributed by atoms with Crippen LogP contribution in [0.5, 0.6) is 0 Å². The Hall–Kier alpha value is -1.11. The van der Waals surface area contributed by atoms with Crippen LogP contribution in [0.2, 0.25) is 0 Å². The van der Waals surface area contributed by atoms with Gasteiger partial charge in [-0.15, -0.1) is 0 Å². The minimum absolute atomic E-state index is 0.204. The summed E-state index contributed by atoms with van der Waals surface area (Å²) in [7, 11) is 0. The van der Waals surface area contributed by atoms with Gasteiger partial charge < -0.3 is 0 Å². The van der Waals surface area contributed by atoms with Crippen LogP contribution in [0.15, 0.2) is 36.4 Å². The van der Waals surface area contributed by atoms with Gasteiger partial charge in [0.15, 0.2) is 0 Å². The molecule has 0 atom stereocenters. The van der Waals surface area contributed by atoms with Gasteiger partial charge in [-0.25, -0.2) is 0 Å². The minimum Gasteiger partial charge on any atom is -0.299 e. The highest BCUT2D eigenvalue weighted by atomic mass is 16.1. The van der Waals surface area contributed by atoms with Gasteiger partial charge in [-0.2, -0.15) is 0 Å². The van der Waals surface area contributed by atoms with Crippen molar-refractivity contribution in [2.45, 2.75) is 27.7 Å². The maximum Gasteiger partial charge on any atom is 0.137 e. The Morgan fingerprint density at radius 3 is 1.00 bits per heavy atom. The highest BCUT2D eigenvalue weighted by Crippen LogP contribution is 2.03. The number of ketones is 1. The number of carbonyl (C=O) groups is 1. The Labute approximate surface area is 87.2 Å². The van der Waals surface area contributed by atoms with Crippen LogP contribution in [0.1, 0.15) is 27.7 Å². The standard InChI is InChI=1S/C7H14O.C6H6/c1-5(2)7(8)6(3)4;1-2-4-6-5-3-1/h5-6H,1-4H3;1-6H. The summed E-state index contributed by atoms with van der Waals surface area (Å²) < 4.78 is 0. The van der Waals surface area contributed by atoms with Crippen LogP contribution in [0.3, 0.4) is 0 Å². The van der Waals surface area contributed by atoms with Crippen LogP contribution in [-0.2, 0) is 4.79 Å². The number of hydrogen-bond acceptors (Lipinski definition) is 1. The maximum absolute atomic E-state index is 10.8. The van der Waals surface area contributed by atoms with Crippen LogP contribution in [0.4, 0.5) is 0 Å². The van der Waals surface area contributed by atoms with Gasteiger partial charge in [-0.3, -0.25) is 4.79 Å². The molecule has 14 heavy (non-hydrogen) atoms. The van der Waals surface area contributed by atoms with Crippen molar-refractivity contribution in [2.24, 2.45) is 11.8 Å². The molecule has 1 aromatic carbocycles. The molecule has 0 saturated carbocycles. The smallest absolute Gasteiger partial charge is 0.137 e. The Kier molecular flexibility index (Phi) is 6.73. The predicted octanol–water partition coefficient (Wildman–Crippen LogP) is 3.55. The summed E-state index contributed by atoms with van der Waals surface area (Å²) in [6.07, 6.45) is 0. The average Bonchev–Trinajstić information content (AvgIpc) is 2.20. The van der Waals surface area contributed by atoms with Gasteiger partial charge in [0, 0.05) is 11.8 Å². The lowest BCUT2D eigenvalue weighted by atomic mass is 9.99. The zero-order valence-corrected chi connectivity index (χ0v) is 9.53. The average molecular weight is 192 g/mol. The molecule has 1 heteroatoms. The number of benzene rings is 1. The zero-order valence-electron chi connectivity index (χ0n) is 9.53. The first kappa shape index (κ1) is 12.9. The molecule has 0 spiro atoms. The molecule has 0 heterocycles. The molecule has 0 saturated heterocycles. The van der Waals surface area contributed by atoms with Gasteiger partial charge in [-0.05, 0) is 0 Å². The van der Waals surface area contributed by atoms with Crippen molar-refractivity contribution >= 4 is 5.78 Å². The SMILES string of the molecule is CC(C)C(=O)C(C)C.c1ccccc1. The quantitative estimate of drug-likeness (QED) is 0.700. The summed E-state index contributed by atoms with van der Waals surface area (Å²) in [6, 6.07) is 12.0. The predicted molar refractivity (Wildman–Crippen MR) is 61.1 cm³/mol. The molecule has 0 amide bonds. The molecule has 1 nitrogen and oxygen atoms in total.